The molecule has 4 heterocycles. The van der Waals surface area contributed by atoms with Crippen molar-refractivity contribution in [1.29, 1.82) is 0 Å². The summed E-state index contributed by atoms with van der Waals surface area (Å²) in [5.41, 5.74) is 9.44. The SMILES string of the molecule is Cc1cccc(C)c1-c1cc2nc(n1)NSc1cccc(c1)C(Cc1ccc3cc(C4CC4)n(C)c3n1)C(CC(C)(C)C)CO2. The molecule has 0 spiro atoms. The number of anilines is 1. The van der Waals surface area contributed by atoms with Crippen LogP contribution in [0.3, 0.4) is 0 Å². The lowest BCUT2D eigenvalue weighted by molar-refractivity contribution is 0.166. The largest absolute Gasteiger partial charge is 0.477 e. The molecule has 2 atom stereocenters. The monoisotopic (exact) mass is 617 g/mol. The average Bonchev–Trinajstić information content (AvgIpc) is 3.79. The topological polar surface area (TPSA) is 64.9 Å². The van der Waals surface area contributed by atoms with E-state index in [1.54, 1.807) is 11.9 Å². The van der Waals surface area contributed by atoms with Crippen molar-refractivity contribution < 1.29 is 4.74 Å². The molecule has 1 aliphatic heterocycles. The molecule has 6 nitrogen and oxygen atoms in total. The van der Waals surface area contributed by atoms with Crippen molar-refractivity contribution in [2.24, 2.45) is 18.4 Å². The molecule has 0 amide bonds. The fourth-order valence-corrected chi connectivity index (χ4v) is 7.67. The molecular weight excluding hydrogens is 575 g/mol. The van der Waals surface area contributed by atoms with Crippen molar-refractivity contribution in [3.05, 3.63) is 94.8 Å². The summed E-state index contributed by atoms with van der Waals surface area (Å²) < 4.78 is 12.4. The van der Waals surface area contributed by atoms with Gasteiger partial charge in [0.2, 0.25) is 11.8 Å². The lowest BCUT2D eigenvalue weighted by Crippen LogP contribution is -2.27. The summed E-state index contributed by atoms with van der Waals surface area (Å²) in [5, 5.41) is 1.24. The molecule has 2 aromatic carbocycles. The number of benzene rings is 2. The van der Waals surface area contributed by atoms with Gasteiger partial charge in [-0.3, -0.25) is 4.72 Å². The first kappa shape index (κ1) is 29.8. The van der Waals surface area contributed by atoms with Crippen molar-refractivity contribution in [2.75, 3.05) is 11.3 Å². The van der Waals surface area contributed by atoms with Crippen LogP contribution in [0.5, 0.6) is 5.88 Å². The second-order valence-electron chi connectivity index (χ2n) is 14.2. The van der Waals surface area contributed by atoms with E-state index in [1.165, 1.54) is 40.6 Å². The molecule has 2 aliphatic rings. The number of hydrogen-bond acceptors (Lipinski definition) is 6. The van der Waals surface area contributed by atoms with Crippen molar-refractivity contribution in [3.63, 3.8) is 0 Å². The summed E-state index contributed by atoms with van der Waals surface area (Å²) >= 11 is 1.55. The van der Waals surface area contributed by atoms with E-state index in [-0.39, 0.29) is 17.3 Å². The Bertz CT molecular complexity index is 1850. The highest BCUT2D eigenvalue weighted by Crippen LogP contribution is 2.42. The van der Waals surface area contributed by atoms with Gasteiger partial charge in [0.1, 0.15) is 5.65 Å². The summed E-state index contributed by atoms with van der Waals surface area (Å²) in [7, 11) is 2.18. The van der Waals surface area contributed by atoms with E-state index in [0.717, 1.165) is 40.3 Å². The molecule has 1 saturated carbocycles. The van der Waals surface area contributed by atoms with Crippen molar-refractivity contribution in [2.45, 2.75) is 77.0 Å². The van der Waals surface area contributed by atoms with E-state index in [9.17, 15) is 0 Å². The van der Waals surface area contributed by atoms with Crippen LogP contribution < -0.4 is 9.46 Å². The van der Waals surface area contributed by atoms with Gasteiger partial charge in [0.05, 0.1) is 12.3 Å². The van der Waals surface area contributed by atoms with E-state index in [4.69, 9.17) is 19.7 Å². The maximum Gasteiger partial charge on any atom is 0.237 e. The number of nitrogens with one attached hydrogen (secondary N) is 1. The Hall–Kier alpha value is -3.84. The van der Waals surface area contributed by atoms with Crippen LogP contribution in [0.25, 0.3) is 22.3 Å². The summed E-state index contributed by atoms with van der Waals surface area (Å²) in [6.07, 6.45) is 4.43. The predicted molar refractivity (Wildman–Crippen MR) is 185 cm³/mol. The lowest BCUT2D eigenvalue weighted by Gasteiger charge is -2.33. The van der Waals surface area contributed by atoms with Crippen molar-refractivity contribution in [3.8, 4) is 17.1 Å². The van der Waals surface area contributed by atoms with Gasteiger partial charge >= 0.3 is 0 Å². The van der Waals surface area contributed by atoms with E-state index >= 15 is 0 Å². The zero-order chi connectivity index (χ0) is 31.3. The predicted octanol–water partition coefficient (Wildman–Crippen LogP) is 9.41. The maximum absolute atomic E-state index is 6.66. The number of rotatable bonds is 5. The molecule has 0 radical (unpaired) electrons. The first-order valence-corrected chi connectivity index (χ1v) is 17.0. The molecule has 232 valence electrons. The van der Waals surface area contributed by atoms with Crippen LogP contribution in [0.15, 0.2) is 71.6 Å². The van der Waals surface area contributed by atoms with Crippen LogP contribution in [0.2, 0.25) is 0 Å². The fraction of sp³-hybridized carbons (Fsp3) is 0.395. The third kappa shape index (κ3) is 6.46. The van der Waals surface area contributed by atoms with Gasteiger partial charge in [0.15, 0.2) is 0 Å². The Morgan fingerprint density at radius 2 is 1.71 bits per heavy atom. The molecule has 7 rings (SSSR count). The van der Waals surface area contributed by atoms with Gasteiger partial charge in [0.25, 0.3) is 0 Å². The lowest BCUT2D eigenvalue weighted by atomic mass is 9.74. The summed E-state index contributed by atoms with van der Waals surface area (Å²) in [4.78, 5) is 16.1. The first-order valence-electron chi connectivity index (χ1n) is 16.2. The Kier molecular flexibility index (Phi) is 7.84. The summed E-state index contributed by atoms with van der Waals surface area (Å²) in [6, 6.07) is 24.1. The normalized spacial score (nSPS) is 18.5. The van der Waals surface area contributed by atoms with Gasteiger partial charge in [-0.2, -0.15) is 4.98 Å². The highest BCUT2D eigenvalue weighted by Gasteiger charge is 2.31. The van der Waals surface area contributed by atoms with Crippen LogP contribution in [-0.2, 0) is 13.5 Å². The van der Waals surface area contributed by atoms with E-state index in [2.05, 4.69) is 112 Å². The number of fused-ring (bicyclic) bond motifs is 5. The number of hydrogen-bond donors (Lipinski definition) is 1. The number of nitrogens with zero attached hydrogens (tertiary/aromatic N) is 4. The van der Waals surface area contributed by atoms with Gasteiger partial charge in [0, 0.05) is 46.3 Å². The van der Waals surface area contributed by atoms with Crippen LogP contribution in [-0.4, -0.2) is 26.1 Å². The third-order valence-corrected chi connectivity index (χ3v) is 10.0. The molecule has 1 fully saturated rings. The maximum atomic E-state index is 6.66. The Balaban J connectivity index is 1.28. The molecule has 4 bridgehead atoms. The van der Waals surface area contributed by atoms with Gasteiger partial charge in [-0.15, -0.1) is 0 Å². The van der Waals surface area contributed by atoms with Gasteiger partial charge < -0.3 is 9.30 Å². The van der Waals surface area contributed by atoms with Crippen LogP contribution in [0.4, 0.5) is 5.95 Å². The van der Waals surface area contributed by atoms with E-state index < -0.39 is 0 Å². The van der Waals surface area contributed by atoms with E-state index in [1.807, 2.05) is 6.07 Å². The highest BCUT2D eigenvalue weighted by molar-refractivity contribution is 8.00. The quantitative estimate of drug-likeness (QED) is 0.198. The van der Waals surface area contributed by atoms with Crippen LogP contribution in [0.1, 0.15) is 79.9 Å². The molecule has 5 aromatic rings. The minimum absolute atomic E-state index is 0.117. The molecule has 45 heavy (non-hydrogen) atoms. The van der Waals surface area contributed by atoms with Gasteiger partial charge in [-0.1, -0.05) is 51.1 Å². The minimum Gasteiger partial charge on any atom is -0.477 e. The minimum atomic E-state index is 0.117. The smallest absolute Gasteiger partial charge is 0.237 e. The third-order valence-electron chi connectivity index (χ3n) is 9.27. The number of aryl methyl sites for hydroxylation is 3. The van der Waals surface area contributed by atoms with Crippen LogP contribution >= 0.6 is 11.9 Å². The van der Waals surface area contributed by atoms with E-state index in [0.29, 0.717) is 24.4 Å². The average molecular weight is 618 g/mol. The Morgan fingerprint density at radius 3 is 2.47 bits per heavy atom. The summed E-state index contributed by atoms with van der Waals surface area (Å²) in [6.45, 7) is 11.8. The van der Waals surface area contributed by atoms with Crippen molar-refractivity contribution >= 4 is 28.9 Å². The molecule has 0 saturated heterocycles. The standard InChI is InChI=1S/C38H43N5OS/c1-23-9-7-10-24(2)35(23)32-20-34-41-37(40-32)42-45-30-12-8-11-26(17-30)31(28(22-44-34)21-38(3,4)5)19-29-16-15-27-18-33(25-13-14-25)43(6)36(27)39-29/h7-12,15-18,20,25,28,31H,13-14,19,21-22H2,1-6H3,(H,40,41,42). The zero-order valence-corrected chi connectivity index (χ0v) is 28.0. The second-order valence-corrected chi connectivity index (χ2v) is 15.1. The highest BCUT2D eigenvalue weighted by atomic mass is 32.2. The summed E-state index contributed by atoms with van der Waals surface area (Å²) in [5.74, 6) is 2.31. The fourth-order valence-electron chi connectivity index (χ4n) is 7.03. The van der Waals surface area contributed by atoms with Crippen molar-refractivity contribution in [1.82, 2.24) is 19.5 Å². The second kappa shape index (κ2) is 11.8. The molecule has 2 unspecified atom stereocenters. The molecule has 7 heteroatoms. The molecule has 1 aliphatic carbocycles. The molecular formula is C38H43N5OS. The van der Waals surface area contributed by atoms with Gasteiger partial charge in [-0.05, 0) is 116 Å². The Labute approximate surface area is 271 Å². The number of ether oxygens (including phenoxy) is 1. The zero-order valence-electron chi connectivity index (χ0n) is 27.2. The van der Waals surface area contributed by atoms with Crippen LogP contribution in [0, 0.1) is 25.2 Å². The molecule has 3 aromatic heterocycles. The van der Waals surface area contributed by atoms with Gasteiger partial charge in [-0.25, -0.2) is 9.97 Å². The number of pyridine rings is 1. The Morgan fingerprint density at radius 1 is 0.933 bits per heavy atom. The number of aromatic nitrogens is 4. The molecule has 1 N–H and O–H groups in total. The first-order chi connectivity index (χ1) is 21.6.